The maximum absolute atomic E-state index is 13.8. The summed E-state index contributed by atoms with van der Waals surface area (Å²) in [7, 11) is 0. The summed E-state index contributed by atoms with van der Waals surface area (Å²) in [4.78, 5) is 40.1. The minimum Gasteiger partial charge on any atom is -0.396 e. The van der Waals surface area contributed by atoms with E-state index >= 15 is 0 Å². The zero-order chi connectivity index (χ0) is 29.1. The van der Waals surface area contributed by atoms with E-state index in [0.29, 0.717) is 43.7 Å². The summed E-state index contributed by atoms with van der Waals surface area (Å²) < 4.78 is 1.65. The van der Waals surface area contributed by atoms with Crippen LogP contribution in [0.15, 0.2) is 60.8 Å². The fourth-order valence-electron chi connectivity index (χ4n) is 5.41. The van der Waals surface area contributed by atoms with E-state index in [1.54, 1.807) is 28.8 Å². The molecule has 3 aromatic rings. The van der Waals surface area contributed by atoms with Gasteiger partial charge in [0.1, 0.15) is 0 Å². The van der Waals surface area contributed by atoms with Crippen molar-refractivity contribution in [3.63, 3.8) is 0 Å². The predicted molar refractivity (Wildman–Crippen MR) is 150 cm³/mol. The number of aryl methyl sites for hydroxylation is 1. The van der Waals surface area contributed by atoms with Crippen molar-refractivity contribution >= 4 is 28.9 Å². The third-order valence-electron chi connectivity index (χ3n) is 7.69. The lowest BCUT2D eigenvalue weighted by atomic mass is 9.82. The van der Waals surface area contributed by atoms with Gasteiger partial charge in [0.2, 0.25) is 5.91 Å². The Kier molecular flexibility index (Phi) is 7.95. The molecule has 0 saturated carbocycles. The Bertz CT molecular complexity index is 1490. The molecule has 5 rings (SSSR count). The van der Waals surface area contributed by atoms with Gasteiger partial charge in [0.25, 0.3) is 11.6 Å². The minimum absolute atomic E-state index is 0.00963. The Morgan fingerprint density at radius 2 is 1.98 bits per heavy atom. The van der Waals surface area contributed by atoms with Crippen LogP contribution in [0, 0.1) is 16.0 Å². The van der Waals surface area contributed by atoms with Crippen LogP contribution < -0.4 is 9.80 Å². The molecule has 214 valence electrons. The molecule has 2 aromatic carbocycles. The van der Waals surface area contributed by atoms with Crippen LogP contribution >= 0.6 is 0 Å². The lowest BCUT2D eigenvalue weighted by Gasteiger charge is -2.27. The number of fused-ring (bicyclic) bond motifs is 1. The number of hydrogen-bond acceptors (Lipinski definition) is 8. The van der Waals surface area contributed by atoms with Crippen LogP contribution in [-0.2, 0) is 34.7 Å². The number of nitro benzene ring substituents is 1. The highest BCUT2D eigenvalue weighted by Crippen LogP contribution is 2.47. The number of aliphatic hydroxyl groups excluding tert-OH is 1. The molecule has 12 nitrogen and oxygen atoms in total. The number of non-ortho nitro benzene ring substituents is 1. The Morgan fingerprint density at radius 3 is 2.66 bits per heavy atom. The van der Waals surface area contributed by atoms with E-state index < -0.39 is 22.3 Å². The van der Waals surface area contributed by atoms with Crippen LogP contribution in [0.1, 0.15) is 43.0 Å². The van der Waals surface area contributed by atoms with Crippen LogP contribution in [-0.4, -0.2) is 55.1 Å². The highest BCUT2D eigenvalue weighted by Gasteiger charge is 2.53. The summed E-state index contributed by atoms with van der Waals surface area (Å²) in [5, 5.41) is 40.5. The van der Waals surface area contributed by atoms with Gasteiger partial charge in [0, 0.05) is 68.0 Å². The van der Waals surface area contributed by atoms with Gasteiger partial charge in [-0.05, 0) is 36.6 Å². The lowest BCUT2D eigenvalue weighted by Crippen LogP contribution is -2.44. The molecule has 0 aliphatic carbocycles. The molecule has 1 aromatic heterocycles. The van der Waals surface area contributed by atoms with Gasteiger partial charge in [-0.2, -0.15) is 0 Å². The topological polar surface area (TPSA) is 155 Å². The van der Waals surface area contributed by atoms with Gasteiger partial charge in [-0.15, -0.1) is 5.10 Å². The standard InChI is InChI=1S/C29H32N6O6/c1-20(5-2-3-14-32-19-22(13-16-36)30-31-32)29(39)25-17-24(35(40)41)11-12-26(25)34(28(29)38)18-21-7-9-23(10-8-21)33-15-4-6-27(33)37/h2,5,7-12,17,19-20,36,39H,3-4,6,13-16,18H2,1H3/b5-2+/t20-,29+/m1/s1. The monoisotopic (exact) mass is 560 g/mol. The molecule has 2 N–H and O–H groups in total. The number of amides is 2. The van der Waals surface area contributed by atoms with E-state index in [1.165, 1.54) is 23.1 Å². The molecule has 1 fully saturated rings. The average molecular weight is 561 g/mol. The molecule has 2 amide bonds. The number of aliphatic hydroxyl groups is 2. The lowest BCUT2D eigenvalue weighted by molar-refractivity contribution is -0.385. The molecule has 2 aliphatic rings. The predicted octanol–water partition coefficient (Wildman–Crippen LogP) is 2.86. The smallest absolute Gasteiger partial charge is 0.269 e. The van der Waals surface area contributed by atoms with Crippen LogP contribution in [0.2, 0.25) is 0 Å². The first kappa shape index (κ1) is 28.1. The van der Waals surface area contributed by atoms with Gasteiger partial charge in [-0.1, -0.05) is 36.4 Å². The number of nitrogens with zero attached hydrogens (tertiary/aromatic N) is 6. The zero-order valence-electron chi connectivity index (χ0n) is 22.7. The van der Waals surface area contributed by atoms with Crippen molar-refractivity contribution in [2.75, 3.05) is 23.0 Å². The van der Waals surface area contributed by atoms with Crippen molar-refractivity contribution in [2.24, 2.45) is 5.92 Å². The molecule has 0 unspecified atom stereocenters. The zero-order valence-corrected chi connectivity index (χ0v) is 22.7. The van der Waals surface area contributed by atoms with Crippen molar-refractivity contribution in [1.29, 1.82) is 0 Å². The van der Waals surface area contributed by atoms with Crippen molar-refractivity contribution in [1.82, 2.24) is 15.0 Å². The average Bonchev–Trinajstić information content (AvgIpc) is 3.66. The van der Waals surface area contributed by atoms with Gasteiger partial charge in [-0.3, -0.25) is 24.4 Å². The molecule has 3 heterocycles. The van der Waals surface area contributed by atoms with E-state index in [0.717, 1.165) is 17.7 Å². The van der Waals surface area contributed by atoms with Gasteiger partial charge in [0.15, 0.2) is 5.60 Å². The summed E-state index contributed by atoms with van der Waals surface area (Å²) >= 11 is 0. The third kappa shape index (κ3) is 5.48. The first-order chi connectivity index (χ1) is 19.7. The molecule has 41 heavy (non-hydrogen) atoms. The number of rotatable bonds is 11. The van der Waals surface area contributed by atoms with Gasteiger partial charge in [-0.25, -0.2) is 0 Å². The highest BCUT2D eigenvalue weighted by molar-refractivity contribution is 6.07. The number of aromatic nitrogens is 3. The summed E-state index contributed by atoms with van der Waals surface area (Å²) in [6.45, 7) is 3.04. The molecular formula is C29H32N6O6. The van der Waals surface area contributed by atoms with E-state index in [1.807, 2.05) is 30.3 Å². The molecular weight excluding hydrogens is 528 g/mol. The summed E-state index contributed by atoms with van der Waals surface area (Å²) in [6, 6.07) is 11.5. The molecule has 2 aliphatic heterocycles. The van der Waals surface area contributed by atoms with Crippen LogP contribution in [0.3, 0.4) is 0 Å². The second kappa shape index (κ2) is 11.6. The Balaban J connectivity index is 1.36. The largest absolute Gasteiger partial charge is 0.396 e. The van der Waals surface area contributed by atoms with Crippen molar-refractivity contribution < 1.29 is 24.7 Å². The minimum atomic E-state index is -2.00. The van der Waals surface area contributed by atoms with Gasteiger partial charge < -0.3 is 20.0 Å². The van der Waals surface area contributed by atoms with Crippen molar-refractivity contribution in [3.8, 4) is 0 Å². The van der Waals surface area contributed by atoms with E-state index in [2.05, 4.69) is 10.3 Å². The van der Waals surface area contributed by atoms with Crippen LogP contribution in [0.5, 0.6) is 0 Å². The van der Waals surface area contributed by atoms with Crippen LogP contribution in [0.4, 0.5) is 17.1 Å². The number of nitro groups is 1. The van der Waals surface area contributed by atoms with Crippen molar-refractivity contribution in [2.45, 2.75) is 51.3 Å². The molecule has 0 spiro atoms. The Labute approximate surface area is 236 Å². The number of anilines is 2. The molecule has 2 atom stereocenters. The molecule has 0 bridgehead atoms. The second-order valence-corrected chi connectivity index (χ2v) is 10.4. The maximum atomic E-state index is 13.8. The Hall–Kier alpha value is -4.42. The number of carbonyl (C=O) groups is 2. The second-order valence-electron chi connectivity index (χ2n) is 10.4. The highest BCUT2D eigenvalue weighted by atomic mass is 16.6. The molecule has 0 radical (unpaired) electrons. The molecule has 12 heteroatoms. The summed E-state index contributed by atoms with van der Waals surface area (Å²) in [5.74, 6) is -1.17. The number of carbonyl (C=O) groups excluding carboxylic acids is 2. The maximum Gasteiger partial charge on any atom is 0.269 e. The Morgan fingerprint density at radius 1 is 1.20 bits per heavy atom. The van der Waals surface area contributed by atoms with Gasteiger partial charge in [0.05, 0.1) is 22.8 Å². The first-order valence-electron chi connectivity index (χ1n) is 13.6. The van der Waals surface area contributed by atoms with E-state index in [9.17, 15) is 24.8 Å². The van der Waals surface area contributed by atoms with E-state index in [4.69, 9.17) is 5.11 Å². The number of hydrogen-bond donors (Lipinski definition) is 2. The van der Waals surface area contributed by atoms with E-state index in [-0.39, 0.29) is 30.3 Å². The number of allylic oxidation sites excluding steroid dienone is 1. The quantitative estimate of drug-likeness (QED) is 0.206. The number of benzene rings is 2. The van der Waals surface area contributed by atoms with Crippen molar-refractivity contribution in [3.05, 3.63) is 87.7 Å². The first-order valence-corrected chi connectivity index (χ1v) is 13.6. The van der Waals surface area contributed by atoms with Gasteiger partial charge >= 0.3 is 0 Å². The third-order valence-corrected chi connectivity index (χ3v) is 7.69. The normalized spacial score (nSPS) is 19.4. The fourth-order valence-corrected chi connectivity index (χ4v) is 5.41. The fraction of sp³-hybridized carbons (Fsp3) is 0.379. The molecule has 1 saturated heterocycles. The summed E-state index contributed by atoms with van der Waals surface area (Å²) in [6.07, 6.45) is 7.65. The van der Waals surface area contributed by atoms with Crippen LogP contribution in [0.25, 0.3) is 0 Å². The summed E-state index contributed by atoms with van der Waals surface area (Å²) in [5.41, 5.74) is 0.677. The SMILES string of the molecule is C[C@H](/C=C/CCn1cc(CCO)nn1)[C@@]1(O)C(=O)N(Cc2ccc(N3CCCC3=O)cc2)c2ccc([N+](=O)[O-])cc21.